The van der Waals surface area contributed by atoms with E-state index in [0.29, 0.717) is 16.8 Å². The van der Waals surface area contributed by atoms with E-state index < -0.39 is 0 Å². The number of carbonyl (C=O) groups is 2. The maximum absolute atomic E-state index is 12.9. The Labute approximate surface area is 152 Å². The highest BCUT2D eigenvalue weighted by Crippen LogP contribution is 2.24. The molecule has 1 heterocycles. The van der Waals surface area contributed by atoms with E-state index in [9.17, 15) is 9.59 Å². The number of benzene rings is 2. The van der Waals surface area contributed by atoms with Crippen molar-refractivity contribution in [3.63, 3.8) is 0 Å². The molecule has 5 heteroatoms. The molecule has 0 aliphatic rings. The maximum atomic E-state index is 12.9. The summed E-state index contributed by atoms with van der Waals surface area (Å²) >= 11 is 0. The Morgan fingerprint density at radius 3 is 2.46 bits per heavy atom. The first-order chi connectivity index (χ1) is 12.4. The molecule has 0 radical (unpaired) electrons. The molecule has 5 nitrogen and oxygen atoms in total. The van der Waals surface area contributed by atoms with Gasteiger partial charge in [-0.1, -0.05) is 36.4 Å². The molecular formula is C21H21N3O2. The van der Waals surface area contributed by atoms with Crippen molar-refractivity contribution in [2.75, 3.05) is 5.32 Å². The van der Waals surface area contributed by atoms with Gasteiger partial charge in [0.2, 0.25) is 5.91 Å². The molecule has 0 aliphatic carbocycles. The topological polar surface area (TPSA) is 71.1 Å². The third-order valence-corrected chi connectivity index (χ3v) is 4.16. The molecule has 3 rings (SSSR count). The lowest BCUT2D eigenvalue weighted by Gasteiger charge is -2.16. The highest BCUT2D eigenvalue weighted by molar-refractivity contribution is 6.08. The van der Waals surface area contributed by atoms with Crippen LogP contribution in [0.15, 0.2) is 54.6 Å². The lowest BCUT2D eigenvalue weighted by atomic mass is 10.0. The van der Waals surface area contributed by atoms with Crippen LogP contribution < -0.4 is 10.6 Å². The van der Waals surface area contributed by atoms with Gasteiger partial charge in [-0.15, -0.1) is 0 Å². The average molecular weight is 347 g/mol. The van der Waals surface area contributed by atoms with Crippen molar-refractivity contribution in [3.05, 3.63) is 71.4 Å². The Hall–Kier alpha value is -3.21. The zero-order valence-corrected chi connectivity index (χ0v) is 15.0. The van der Waals surface area contributed by atoms with Crippen LogP contribution in [0.1, 0.15) is 41.5 Å². The van der Waals surface area contributed by atoms with Gasteiger partial charge in [-0.3, -0.25) is 14.6 Å². The van der Waals surface area contributed by atoms with Crippen molar-refractivity contribution >= 4 is 28.4 Å². The first kappa shape index (κ1) is 17.6. The van der Waals surface area contributed by atoms with Gasteiger partial charge < -0.3 is 10.6 Å². The van der Waals surface area contributed by atoms with Crippen molar-refractivity contribution in [2.24, 2.45) is 0 Å². The Morgan fingerprint density at radius 2 is 1.77 bits per heavy atom. The van der Waals surface area contributed by atoms with Gasteiger partial charge in [0.05, 0.1) is 17.1 Å². The van der Waals surface area contributed by atoms with E-state index in [1.54, 1.807) is 12.1 Å². The summed E-state index contributed by atoms with van der Waals surface area (Å²) in [6.07, 6.45) is 0. The second-order valence-electron chi connectivity index (χ2n) is 6.33. The molecule has 132 valence electrons. The molecule has 2 N–H and O–H groups in total. The predicted octanol–water partition coefficient (Wildman–Crippen LogP) is 3.99. The van der Waals surface area contributed by atoms with E-state index in [1.807, 2.05) is 56.3 Å². The number of nitrogens with zero attached hydrogens (tertiary/aromatic N) is 1. The van der Waals surface area contributed by atoms with E-state index >= 15 is 0 Å². The predicted molar refractivity (Wildman–Crippen MR) is 103 cm³/mol. The Kier molecular flexibility index (Phi) is 4.98. The number of aromatic nitrogens is 1. The summed E-state index contributed by atoms with van der Waals surface area (Å²) in [6, 6.07) is 16.9. The minimum atomic E-state index is -0.204. The number of amides is 2. The minimum absolute atomic E-state index is 0.137. The SMILES string of the molecule is CC(=O)Nc1cc(C(=O)N[C@@H](C)c2ccccc2)c2ccc(C)nc2c1. The fraction of sp³-hybridized carbons (Fsp3) is 0.190. The standard InChI is InChI=1S/C21H21N3O2/c1-13-9-10-18-19(11-17(24-15(3)25)12-20(18)22-13)21(26)23-14(2)16-7-5-4-6-8-16/h4-12,14H,1-3H3,(H,23,26)(H,24,25)/t14-/m0/s1. The second-order valence-corrected chi connectivity index (χ2v) is 6.33. The molecule has 0 spiro atoms. The van der Waals surface area contributed by atoms with Crippen LogP contribution in [-0.4, -0.2) is 16.8 Å². The summed E-state index contributed by atoms with van der Waals surface area (Å²) in [5.74, 6) is -0.398. The van der Waals surface area contributed by atoms with Crippen LogP contribution in [0.5, 0.6) is 0 Å². The number of carbonyl (C=O) groups excluding carboxylic acids is 2. The molecule has 2 aromatic carbocycles. The summed E-state index contributed by atoms with van der Waals surface area (Å²) < 4.78 is 0. The van der Waals surface area contributed by atoms with Crippen molar-refractivity contribution in [2.45, 2.75) is 26.8 Å². The number of anilines is 1. The van der Waals surface area contributed by atoms with Gasteiger partial charge >= 0.3 is 0 Å². The molecule has 1 atom stereocenters. The molecule has 0 aliphatic heterocycles. The highest BCUT2D eigenvalue weighted by atomic mass is 16.2. The van der Waals surface area contributed by atoms with Crippen LogP contribution in [0.3, 0.4) is 0 Å². The zero-order valence-electron chi connectivity index (χ0n) is 15.0. The van der Waals surface area contributed by atoms with Gasteiger partial charge in [-0.25, -0.2) is 0 Å². The van der Waals surface area contributed by atoms with Crippen molar-refractivity contribution < 1.29 is 9.59 Å². The Morgan fingerprint density at radius 1 is 1.04 bits per heavy atom. The van der Waals surface area contributed by atoms with Crippen LogP contribution in [0, 0.1) is 6.92 Å². The summed E-state index contributed by atoms with van der Waals surface area (Å²) in [5, 5.41) is 6.51. The number of nitrogens with one attached hydrogen (secondary N) is 2. The second kappa shape index (κ2) is 7.35. The van der Waals surface area contributed by atoms with Gasteiger partial charge in [0.15, 0.2) is 0 Å². The van der Waals surface area contributed by atoms with E-state index in [0.717, 1.165) is 16.6 Å². The fourth-order valence-electron chi connectivity index (χ4n) is 2.90. The highest BCUT2D eigenvalue weighted by Gasteiger charge is 2.16. The van der Waals surface area contributed by atoms with Crippen LogP contribution >= 0.6 is 0 Å². The van der Waals surface area contributed by atoms with Crippen LogP contribution in [0.4, 0.5) is 5.69 Å². The summed E-state index contributed by atoms with van der Waals surface area (Å²) in [7, 11) is 0. The number of rotatable bonds is 4. The molecule has 0 saturated heterocycles. The molecule has 3 aromatic rings. The van der Waals surface area contributed by atoms with E-state index in [4.69, 9.17) is 0 Å². The lowest BCUT2D eigenvalue weighted by Crippen LogP contribution is -2.27. The van der Waals surface area contributed by atoms with Crippen LogP contribution in [0.2, 0.25) is 0 Å². The first-order valence-corrected chi connectivity index (χ1v) is 8.49. The molecule has 0 saturated carbocycles. The van der Waals surface area contributed by atoms with Crippen LogP contribution in [-0.2, 0) is 4.79 Å². The van der Waals surface area contributed by atoms with Gasteiger partial charge in [-0.05, 0) is 37.6 Å². The average Bonchev–Trinajstić information content (AvgIpc) is 2.60. The number of aryl methyl sites for hydroxylation is 1. The van der Waals surface area contributed by atoms with Gasteiger partial charge in [0.1, 0.15) is 0 Å². The first-order valence-electron chi connectivity index (χ1n) is 8.49. The maximum Gasteiger partial charge on any atom is 0.252 e. The summed E-state index contributed by atoms with van der Waals surface area (Å²) in [4.78, 5) is 28.8. The van der Waals surface area contributed by atoms with Crippen LogP contribution in [0.25, 0.3) is 10.9 Å². The largest absolute Gasteiger partial charge is 0.345 e. The minimum Gasteiger partial charge on any atom is -0.345 e. The third-order valence-electron chi connectivity index (χ3n) is 4.16. The van der Waals surface area contributed by atoms with Crippen molar-refractivity contribution in [1.82, 2.24) is 10.3 Å². The van der Waals surface area contributed by atoms with Crippen molar-refractivity contribution in [1.29, 1.82) is 0 Å². The molecule has 0 unspecified atom stereocenters. The molecular weight excluding hydrogens is 326 g/mol. The van der Waals surface area contributed by atoms with E-state index in [1.165, 1.54) is 6.92 Å². The lowest BCUT2D eigenvalue weighted by molar-refractivity contribution is -0.114. The van der Waals surface area contributed by atoms with Gasteiger partial charge in [-0.2, -0.15) is 0 Å². The molecule has 26 heavy (non-hydrogen) atoms. The van der Waals surface area contributed by atoms with E-state index in [2.05, 4.69) is 15.6 Å². The zero-order chi connectivity index (χ0) is 18.7. The Balaban J connectivity index is 1.99. The van der Waals surface area contributed by atoms with Gasteiger partial charge in [0, 0.05) is 23.7 Å². The third kappa shape index (κ3) is 3.88. The Bertz CT molecular complexity index is 968. The summed E-state index contributed by atoms with van der Waals surface area (Å²) in [6.45, 7) is 5.27. The normalized spacial score (nSPS) is 11.8. The monoisotopic (exact) mass is 347 g/mol. The number of hydrogen-bond donors (Lipinski definition) is 2. The summed E-state index contributed by atoms with van der Waals surface area (Å²) in [5.41, 5.74) is 3.59. The number of fused-ring (bicyclic) bond motifs is 1. The quantitative estimate of drug-likeness (QED) is 0.749. The molecule has 2 amide bonds. The number of hydrogen-bond acceptors (Lipinski definition) is 3. The fourth-order valence-corrected chi connectivity index (χ4v) is 2.90. The number of pyridine rings is 1. The smallest absolute Gasteiger partial charge is 0.252 e. The molecule has 0 fully saturated rings. The van der Waals surface area contributed by atoms with E-state index in [-0.39, 0.29) is 17.9 Å². The molecule has 0 bridgehead atoms. The molecule has 1 aromatic heterocycles. The van der Waals surface area contributed by atoms with Gasteiger partial charge in [0.25, 0.3) is 5.91 Å². The van der Waals surface area contributed by atoms with Crippen molar-refractivity contribution in [3.8, 4) is 0 Å².